The number of anilines is 1. The monoisotopic (exact) mass is 462 g/mol. The number of nitrogens with one attached hydrogen (secondary N) is 1. The van der Waals surface area contributed by atoms with Gasteiger partial charge in [-0.05, 0) is 67.6 Å². The molecule has 0 atom stereocenters. The lowest BCUT2D eigenvalue weighted by Gasteiger charge is -2.09. The van der Waals surface area contributed by atoms with Gasteiger partial charge in [0.2, 0.25) is 11.7 Å². The zero-order chi connectivity index (χ0) is 24.1. The summed E-state index contributed by atoms with van der Waals surface area (Å²) >= 11 is 0. The van der Waals surface area contributed by atoms with Gasteiger partial charge in [0, 0.05) is 17.4 Å². The molecule has 0 aliphatic rings. The molecule has 10 heteroatoms. The van der Waals surface area contributed by atoms with E-state index in [-0.39, 0.29) is 30.4 Å². The molecule has 1 N–H and O–H groups in total. The van der Waals surface area contributed by atoms with Gasteiger partial charge in [0.15, 0.2) is 0 Å². The van der Waals surface area contributed by atoms with Crippen LogP contribution in [0, 0.1) is 5.82 Å². The van der Waals surface area contributed by atoms with Crippen LogP contribution in [-0.4, -0.2) is 33.2 Å². The van der Waals surface area contributed by atoms with E-state index >= 15 is 0 Å². The average molecular weight is 462 g/mol. The third kappa shape index (κ3) is 5.07. The lowest BCUT2D eigenvalue weighted by atomic mass is 10.2. The summed E-state index contributed by atoms with van der Waals surface area (Å²) in [5.41, 5.74) is 0.979. The van der Waals surface area contributed by atoms with E-state index < -0.39 is 23.3 Å². The van der Waals surface area contributed by atoms with Crippen LogP contribution in [0.5, 0.6) is 0 Å². The van der Waals surface area contributed by atoms with Gasteiger partial charge < -0.3 is 19.1 Å². The zero-order valence-electron chi connectivity index (χ0n) is 18.0. The number of amides is 1. The minimum atomic E-state index is -0.496. The number of hydrogen-bond acceptors (Lipinski definition) is 7. The van der Waals surface area contributed by atoms with E-state index in [9.17, 15) is 18.8 Å². The van der Waals surface area contributed by atoms with E-state index in [1.165, 1.54) is 53.2 Å². The van der Waals surface area contributed by atoms with E-state index in [0.29, 0.717) is 16.8 Å². The van der Waals surface area contributed by atoms with Crippen molar-refractivity contribution in [2.75, 3.05) is 11.9 Å². The molecule has 4 aromatic rings. The highest BCUT2D eigenvalue weighted by atomic mass is 19.1. The molecule has 1 amide bonds. The zero-order valence-corrected chi connectivity index (χ0v) is 18.0. The molecular weight excluding hydrogens is 443 g/mol. The Labute approximate surface area is 192 Å². The summed E-state index contributed by atoms with van der Waals surface area (Å²) < 4.78 is 24.5. The van der Waals surface area contributed by atoms with Crippen molar-refractivity contribution in [3.05, 3.63) is 88.6 Å². The standard InChI is InChI=1S/C24H19FN4O5/c1-2-33-24(32)16-7-11-18(12-8-16)26-20(30)14-29-13-3-4-19(23(29)31)22-27-21(28-34-22)15-5-9-17(25)10-6-15/h3-13H,2,14H2,1H3,(H,26,30). The third-order valence-corrected chi connectivity index (χ3v) is 4.77. The van der Waals surface area contributed by atoms with Gasteiger partial charge in [-0.15, -0.1) is 0 Å². The maximum Gasteiger partial charge on any atom is 0.338 e. The van der Waals surface area contributed by atoms with Crippen molar-refractivity contribution >= 4 is 17.6 Å². The van der Waals surface area contributed by atoms with Gasteiger partial charge >= 0.3 is 5.97 Å². The summed E-state index contributed by atoms with van der Waals surface area (Å²) in [6.07, 6.45) is 1.46. The Balaban J connectivity index is 1.47. The fourth-order valence-electron chi connectivity index (χ4n) is 3.13. The van der Waals surface area contributed by atoms with Crippen LogP contribution in [0.3, 0.4) is 0 Å². The second kappa shape index (κ2) is 9.90. The number of carbonyl (C=O) groups is 2. The number of nitrogens with zero attached hydrogens (tertiary/aromatic N) is 3. The molecule has 9 nitrogen and oxygen atoms in total. The number of halogens is 1. The van der Waals surface area contributed by atoms with Gasteiger partial charge in [0.25, 0.3) is 11.4 Å². The van der Waals surface area contributed by atoms with E-state index in [1.807, 2.05) is 0 Å². The van der Waals surface area contributed by atoms with E-state index in [2.05, 4.69) is 15.5 Å². The number of aromatic nitrogens is 3. The van der Waals surface area contributed by atoms with Crippen molar-refractivity contribution in [1.82, 2.24) is 14.7 Å². The molecule has 0 saturated heterocycles. The van der Waals surface area contributed by atoms with Crippen LogP contribution in [0.4, 0.5) is 10.1 Å². The van der Waals surface area contributed by atoms with Gasteiger partial charge in [-0.25, -0.2) is 9.18 Å². The van der Waals surface area contributed by atoms with E-state index in [0.717, 1.165) is 0 Å². The highest BCUT2D eigenvalue weighted by molar-refractivity contribution is 5.93. The SMILES string of the molecule is CCOC(=O)c1ccc(NC(=O)Cn2cccc(-c3nc(-c4ccc(F)cc4)no3)c2=O)cc1. The lowest BCUT2D eigenvalue weighted by molar-refractivity contribution is -0.116. The summed E-state index contributed by atoms with van der Waals surface area (Å²) in [5.74, 6) is -1.11. The van der Waals surface area contributed by atoms with Crippen LogP contribution in [0.1, 0.15) is 17.3 Å². The first-order chi connectivity index (χ1) is 16.4. The van der Waals surface area contributed by atoms with Crippen LogP contribution in [0.15, 0.2) is 76.2 Å². The van der Waals surface area contributed by atoms with Crippen molar-refractivity contribution in [1.29, 1.82) is 0 Å². The number of pyridine rings is 1. The fourth-order valence-corrected chi connectivity index (χ4v) is 3.13. The van der Waals surface area contributed by atoms with Gasteiger partial charge in [-0.2, -0.15) is 4.98 Å². The number of ether oxygens (including phenoxy) is 1. The number of benzene rings is 2. The topological polar surface area (TPSA) is 116 Å². The first-order valence-corrected chi connectivity index (χ1v) is 10.3. The Hall–Kier alpha value is -4.60. The Morgan fingerprint density at radius 1 is 1.09 bits per heavy atom. The molecule has 2 aromatic carbocycles. The second-order valence-corrected chi connectivity index (χ2v) is 7.13. The van der Waals surface area contributed by atoms with Gasteiger partial charge in [0.05, 0.1) is 12.2 Å². The molecule has 0 aliphatic carbocycles. The second-order valence-electron chi connectivity index (χ2n) is 7.13. The molecule has 172 valence electrons. The fraction of sp³-hybridized carbons (Fsp3) is 0.125. The van der Waals surface area contributed by atoms with E-state index in [1.54, 1.807) is 25.1 Å². The van der Waals surface area contributed by atoms with Crippen LogP contribution in [-0.2, 0) is 16.1 Å². The van der Waals surface area contributed by atoms with E-state index in [4.69, 9.17) is 9.26 Å². The Morgan fingerprint density at radius 2 is 1.82 bits per heavy atom. The van der Waals surface area contributed by atoms with Crippen LogP contribution >= 0.6 is 0 Å². The minimum absolute atomic E-state index is 0.0198. The molecule has 2 aromatic heterocycles. The number of hydrogen-bond donors (Lipinski definition) is 1. The molecule has 4 rings (SSSR count). The summed E-state index contributed by atoms with van der Waals surface area (Å²) in [5, 5.41) is 6.51. The molecule has 0 aliphatic heterocycles. The molecule has 0 fully saturated rings. The first-order valence-electron chi connectivity index (χ1n) is 10.3. The summed E-state index contributed by atoms with van der Waals surface area (Å²) in [6.45, 7) is 1.72. The third-order valence-electron chi connectivity index (χ3n) is 4.77. The summed E-state index contributed by atoms with van der Waals surface area (Å²) in [7, 11) is 0. The highest BCUT2D eigenvalue weighted by Gasteiger charge is 2.16. The molecule has 0 spiro atoms. The Bertz CT molecular complexity index is 1380. The molecule has 0 radical (unpaired) electrons. The summed E-state index contributed by atoms with van der Waals surface area (Å²) in [6, 6.07) is 14.8. The molecule has 0 unspecified atom stereocenters. The normalized spacial score (nSPS) is 10.6. The number of rotatable bonds is 7. The predicted octanol–water partition coefficient (Wildman–Crippen LogP) is 3.52. The maximum absolute atomic E-state index is 13.1. The van der Waals surface area contributed by atoms with Gasteiger partial charge in [0.1, 0.15) is 17.9 Å². The number of esters is 1. The van der Waals surface area contributed by atoms with Crippen LogP contribution in [0.25, 0.3) is 22.8 Å². The summed E-state index contributed by atoms with van der Waals surface area (Å²) in [4.78, 5) is 41.3. The predicted molar refractivity (Wildman–Crippen MR) is 120 cm³/mol. The smallest absolute Gasteiger partial charge is 0.338 e. The molecule has 2 heterocycles. The molecule has 0 saturated carbocycles. The van der Waals surface area contributed by atoms with Crippen molar-refractivity contribution < 1.29 is 23.2 Å². The van der Waals surface area contributed by atoms with Crippen molar-refractivity contribution in [2.45, 2.75) is 13.5 Å². The van der Waals surface area contributed by atoms with Crippen molar-refractivity contribution in [2.24, 2.45) is 0 Å². The molecule has 34 heavy (non-hydrogen) atoms. The number of carbonyl (C=O) groups excluding carboxylic acids is 2. The molecular formula is C24H19FN4O5. The maximum atomic E-state index is 13.1. The minimum Gasteiger partial charge on any atom is -0.462 e. The molecule has 0 bridgehead atoms. The largest absolute Gasteiger partial charge is 0.462 e. The Kier molecular flexibility index (Phi) is 6.58. The van der Waals surface area contributed by atoms with Gasteiger partial charge in [-0.1, -0.05) is 5.16 Å². The highest BCUT2D eigenvalue weighted by Crippen LogP contribution is 2.20. The lowest BCUT2D eigenvalue weighted by Crippen LogP contribution is -2.28. The van der Waals surface area contributed by atoms with Crippen molar-refractivity contribution in [3.63, 3.8) is 0 Å². The quantitative estimate of drug-likeness (QED) is 0.418. The van der Waals surface area contributed by atoms with Crippen LogP contribution in [0.2, 0.25) is 0 Å². The van der Waals surface area contributed by atoms with Gasteiger partial charge in [-0.3, -0.25) is 9.59 Å². The first kappa shape index (κ1) is 22.6. The van der Waals surface area contributed by atoms with Crippen LogP contribution < -0.4 is 10.9 Å². The Morgan fingerprint density at radius 3 is 2.53 bits per heavy atom. The average Bonchev–Trinajstić information content (AvgIpc) is 3.31. The van der Waals surface area contributed by atoms with Crippen molar-refractivity contribution in [3.8, 4) is 22.8 Å².